The second-order valence-electron chi connectivity index (χ2n) is 11.7. The number of Topliss-reactive ketones (excluding diaryl/α,β-unsaturated/α-hetero) is 4. The van der Waals surface area contributed by atoms with Crippen LogP contribution in [0.2, 0.25) is 0 Å². The van der Waals surface area contributed by atoms with E-state index >= 15 is 0 Å². The zero-order chi connectivity index (χ0) is 29.0. The lowest BCUT2D eigenvalue weighted by Gasteiger charge is -2.35. The van der Waals surface area contributed by atoms with Gasteiger partial charge in [-0.15, -0.1) is 34.0 Å². The van der Waals surface area contributed by atoms with Crippen LogP contribution in [0.25, 0.3) is 31.3 Å². The van der Waals surface area contributed by atoms with Crippen molar-refractivity contribution in [1.29, 1.82) is 0 Å². The summed E-state index contributed by atoms with van der Waals surface area (Å²) in [5.41, 5.74) is 5.08. The molecule has 0 atom stereocenters. The van der Waals surface area contributed by atoms with E-state index in [1.165, 1.54) is 36.7 Å². The molecule has 208 valence electrons. The van der Waals surface area contributed by atoms with E-state index in [1.54, 1.807) is 94.7 Å². The van der Waals surface area contributed by atoms with Crippen LogP contribution in [-0.4, -0.2) is 23.1 Å². The molecule has 9 rings (SSSR count). The third-order valence-corrected chi connectivity index (χ3v) is 13.0. The molecule has 3 aromatic heterocycles. The second-order valence-corrected chi connectivity index (χ2v) is 14.9. The van der Waals surface area contributed by atoms with Gasteiger partial charge in [-0.25, -0.2) is 0 Å². The topological polar surface area (TPSA) is 68.3 Å². The van der Waals surface area contributed by atoms with Gasteiger partial charge < -0.3 is 0 Å². The predicted octanol–water partition coefficient (Wildman–Crippen LogP) is 9.18. The highest BCUT2D eigenvalue weighted by Gasteiger charge is 2.48. The van der Waals surface area contributed by atoms with Gasteiger partial charge in [0.05, 0.1) is 20.7 Å². The zero-order valence-electron chi connectivity index (χ0n) is 22.8. The van der Waals surface area contributed by atoms with Gasteiger partial charge in [-0.1, -0.05) is 67.8 Å². The summed E-state index contributed by atoms with van der Waals surface area (Å²) in [5.74, 6) is -0.777. The van der Waals surface area contributed by atoms with E-state index in [2.05, 4.69) is 12.1 Å². The lowest BCUT2D eigenvalue weighted by atomic mass is 9.68. The number of hydrogen-bond donors (Lipinski definition) is 0. The molecule has 0 radical (unpaired) electrons. The Kier molecular flexibility index (Phi) is 5.32. The van der Waals surface area contributed by atoms with E-state index in [4.69, 9.17) is 0 Å². The summed E-state index contributed by atoms with van der Waals surface area (Å²) >= 11 is 5.13. The molecule has 2 aromatic carbocycles. The molecule has 4 nitrogen and oxygen atoms in total. The van der Waals surface area contributed by atoms with Crippen molar-refractivity contribution in [3.05, 3.63) is 115 Å². The lowest BCUT2D eigenvalue weighted by Crippen LogP contribution is -2.27. The molecule has 3 heterocycles. The third-order valence-electron chi connectivity index (χ3n) is 9.43. The monoisotopic (exact) mass is 614 g/mol. The van der Waals surface area contributed by atoms with Crippen LogP contribution >= 0.6 is 34.0 Å². The van der Waals surface area contributed by atoms with E-state index in [0.29, 0.717) is 22.3 Å². The lowest BCUT2D eigenvalue weighted by molar-refractivity contribution is 0.0975. The average molecular weight is 615 g/mol. The van der Waals surface area contributed by atoms with Gasteiger partial charge in [-0.2, -0.15) is 0 Å². The highest BCUT2D eigenvalue weighted by molar-refractivity contribution is 7.32. The molecule has 0 aliphatic heterocycles. The van der Waals surface area contributed by atoms with Gasteiger partial charge in [0, 0.05) is 52.6 Å². The van der Waals surface area contributed by atoms with Crippen LogP contribution < -0.4 is 0 Å². The fraction of sp³-hybridized carbons (Fsp3) is 0.167. The Morgan fingerprint density at radius 3 is 1.63 bits per heavy atom. The molecule has 0 saturated heterocycles. The molecule has 0 N–H and O–H groups in total. The smallest absolute Gasteiger partial charge is 0.197 e. The molecule has 0 unspecified atom stereocenters. The number of benzene rings is 2. The summed E-state index contributed by atoms with van der Waals surface area (Å²) in [6, 6.07) is 18.5. The molecule has 7 heteroatoms. The van der Waals surface area contributed by atoms with Crippen LogP contribution in [0.4, 0.5) is 0 Å². The van der Waals surface area contributed by atoms with E-state index in [-0.39, 0.29) is 39.7 Å². The van der Waals surface area contributed by atoms with E-state index in [1.807, 2.05) is 0 Å². The standard InChI is InChI=1S/C36H22O4S3/c37-29-20-8-2-3-9-21(20)30(38)24(29)14-18-16-26-33(41-18)35-28(36(26)12-6-1-7-13-36)34-27(43-35)17-19(42-34)15-25-31(39)22-10-4-5-11-23(22)32(25)40/h2-5,8-11,14-17H,1,6-7,12-13H2. The molecule has 1 fully saturated rings. The molecule has 4 aliphatic carbocycles. The molecular formula is C36H22O4S3. The summed E-state index contributed by atoms with van der Waals surface area (Å²) in [4.78, 5) is 56.7. The Labute approximate surface area is 259 Å². The number of ketones is 4. The van der Waals surface area contributed by atoms with Crippen LogP contribution in [0.3, 0.4) is 0 Å². The van der Waals surface area contributed by atoms with E-state index in [9.17, 15) is 19.2 Å². The SMILES string of the molecule is O=C1C(=Cc2cc3c(s2)-c2sc4cc(C=C5C(=O)c6ccccc6C5=O)sc4c2C32CCCCC2)C(=O)c2ccccc21. The van der Waals surface area contributed by atoms with Gasteiger partial charge in [0.2, 0.25) is 0 Å². The first kappa shape index (κ1) is 25.5. The van der Waals surface area contributed by atoms with Gasteiger partial charge in [0.1, 0.15) is 0 Å². The van der Waals surface area contributed by atoms with Crippen LogP contribution in [0.15, 0.2) is 71.8 Å². The largest absolute Gasteiger partial charge is 0.288 e. The first-order valence-electron chi connectivity index (χ1n) is 14.5. The van der Waals surface area contributed by atoms with Crippen molar-refractivity contribution in [2.45, 2.75) is 37.5 Å². The fourth-order valence-corrected chi connectivity index (χ4v) is 11.6. The number of carbonyl (C=O) groups excluding carboxylic acids is 4. The minimum absolute atomic E-state index is 0.0917. The van der Waals surface area contributed by atoms with Crippen LogP contribution in [0.5, 0.6) is 0 Å². The number of hydrogen-bond acceptors (Lipinski definition) is 7. The first-order chi connectivity index (χ1) is 20.9. The average Bonchev–Trinajstić information content (AvgIpc) is 3.84. The zero-order valence-corrected chi connectivity index (χ0v) is 25.3. The van der Waals surface area contributed by atoms with Gasteiger partial charge in [0.15, 0.2) is 23.1 Å². The highest BCUT2D eigenvalue weighted by Crippen LogP contribution is 2.63. The van der Waals surface area contributed by atoms with Crippen molar-refractivity contribution in [2.24, 2.45) is 0 Å². The second kappa shape index (κ2) is 8.99. The summed E-state index contributed by atoms with van der Waals surface area (Å²) in [7, 11) is 0. The maximum atomic E-state index is 13.1. The Balaban J connectivity index is 1.15. The molecule has 43 heavy (non-hydrogen) atoms. The minimum Gasteiger partial charge on any atom is -0.288 e. The Hall–Kier alpha value is -4.04. The van der Waals surface area contributed by atoms with Crippen molar-refractivity contribution < 1.29 is 19.2 Å². The molecule has 1 saturated carbocycles. The van der Waals surface area contributed by atoms with Crippen LogP contribution in [-0.2, 0) is 5.41 Å². The molecule has 1 spiro atoms. The van der Waals surface area contributed by atoms with E-state index in [0.717, 1.165) is 35.4 Å². The van der Waals surface area contributed by atoms with Crippen LogP contribution in [0.1, 0.15) is 94.4 Å². The number of carbonyl (C=O) groups is 4. The molecule has 0 amide bonds. The van der Waals surface area contributed by atoms with E-state index < -0.39 is 0 Å². The van der Waals surface area contributed by atoms with Crippen molar-refractivity contribution in [2.75, 3.05) is 0 Å². The Bertz CT molecular complexity index is 2120. The molecular weight excluding hydrogens is 593 g/mol. The highest BCUT2D eigenvalue weighted by atomic mass is 32.1. The predicted molar refractivity (Wildman–Crippen MR) is 173 cm³/mol. The number of fused-ring (bicyclic) bond motifs is 9. The summed E-state index contributed by atoms with van der Waals surface area (Å²) in [5, 5.41) is 0. The van der Waals surface area contributed by atoms with Crippen molar-refractivity contribution >= 4 is 78.7 Å². The molecule has 4 aliphatic rings. The summed E-state index contributed by atoms with van der Waals surface area (Å²) in [6.45, 7) is 0. The fourth-order valence-electron chi connectivity index (χ4n) is 7.48. The van der Waals surface area contributed by atoms with Gasteiger partial charge in [-0.3, -0.25) is 19.2 Å². The van der Waals surface area contributed by atoms with Crippen molar-refractivity contribution in [1.82, 2.24) is 0 Å². The number of thiophene rings is 3. The maximum Gasteiger partial charge on any atom is 0.197 e. The van der Waals surface area contributed by atoms with Crippen LogP contribution in [0, 0.1) is 0 Å². The third kappa shape index (κ3) is 3.41. The van der Waals surface area contributed by atoms with Gasteiger partial charge >= 0.3 is 0 Å². The number of allylic oxidation sites excluding steroid dienone is 2. The van der Waals surface area contributed by atoms with Crippen molar-refractivity contribution in [3.8, 4) is 9.75 Å². The maximum absolute atomic E-state index is 13.1. The Morgan fingerprint density at radius 1 is 0.581 bits per heavy atom. The van der Waals surface area contributed by atoms with Crippen molar-refractivity contribution in [3.63, 3.8) is 0 Å². The van der Waals surface area contributed by atoms with Gasteiger partial charge in [-0.05, 0) is 42.7 Å². The first-order valence-corrected chi connectivity index (χ1v) is 16.9. The summed E-state index contributed by atoms with van der Waals surface area (Å²) < 4.78 is 2.43. The Morgan fingerprint density at radius 2 is 1.09 bits per heavy atom. The van der Waals surface area contributed by atoms with Gasteiger partial charge in [0.25, 0.3) is 0 Å². The molecule has 5 aromatic rings. The normalized spacial score (nSPS) is 18.0. The quantitative estimate of drug-likeness (QED) is 0.147. The summed E-state index contributed by atoms with van der Waals surface area (Å²) in [6.07, 6.45) is 9.23. The molecule has 0 bridgehead atoms. The number of rotatable bonds is 2. The minimum atomic E-state index is -0.197.